The molecule has 25 heavy (non-hydrogen) atoms. The largest absolute Gasteiger partial charge is 0.494 e. The molecule has 1 aromatic heterocycles. The molecule has 1 N–H and O–H groups in total. The number of esters is 1. The van der Waals surface area contributed by atoms with E-state index in [1.54, 1.807) is 19.1 Å². The van der Waals surface area contributed by atoms with Gasteiger partial charge in [0.15, 0.2) is 6.61 Å². The minimum Gasteiger partial charge on any atom is -0.494 e. The van der Waals surface area contributed by atoms with Crippen molar-refractivity contribution in [1.82, 2.24) is 5.32 Å². The summed E-state index contributed by atoms with van der Waals surface area (Å²) in [5, 5.41) is 3.60. The van der Waals surface area contributed by atoms with Crippen LogP contribution in [0.1, 0.15) is 50.2 Å². The first-order chi connectivity index (χ1) is 11.8. The molecule has 0 saturated carbocycles. The highest BCUT2D eigenvalue weighted by atomic mass is 16.5. The van der Waals surface area contributed by atoms with Crippen LogP contribution in [0, 0.1) is 6.92 Å². The van der Waals surface area contributed by atoms with Gasteiger partial charge < -0.3 is 19.2 Å². The average Bonchev–Trinajstić information content (AvgIpc) is 2.89. The number of carbonyl (C=O) groups excluding carboxylic acids is 2. The number of carbonyl (C=O) groups is 2. The topological polar surface area (TPSA) is 77.8 Å². The summed E-state index contributed by atoms with van der Waals surface area (Å²) in [5.74, 6) is -0.185. The molecule has 1 heterocycles. The van der Waals surface area contributed by atoms with Gasteiger partial charge in [-0.15, -0.1) is 0 Å². The van der Waals surface area contributed by atoms with Gasteiger partial charge in [-0.05, 0) is 52.3 Å². The number of hydrogen-bond acceptors (Lipinski definition) is 5. The van der Waals surface area contributed by atoms with Gasteiger partial charge in [0, 0.05) is 16.5 Å². The van der Waals surface area contributed by atoms with Crippen LogP contribution in [0.4, 0.5) is 0 Å². The monoisotopic (exact) mass is 347 g/mol. The van der Waals surface area contributed by atoms with Crippen molar-refractivity contribution in [2.24, 2.45) is 0 Å². The Kier molecular flexibility index (Phi) is 5.72. The molecule has 0 radical (unpaired) electrons. The Hall–Kier alpha value is -2.50. The normalized spacial score (nSPS) is 11.4. The van der Waals surface area contributed by atoms with Crippen LogP contribution in [0.2, 0.25) is 0 Å². The molecular formula is C19H25NO5. The van der Waals surface area contributed by atoms with Crippen LogP contribution in [-0.2, 0) is 9.53 Å². The lowest BCUT2D eigenvalue weighted by Crippen LogP contribution is -2.44. The minimum atomic E-state index is -0.656. The smallest absolute Gasteiger partial charge is 0.375 e. The molecule has 0 fully saturated rings. The highest BCUT2D eigenvalue weighted by molar-refractivity contribution is 5.97. The van der Waals surface area contributed by atoms with E-state index in [0.717, 1.165) is 11.8 Å². The van der Waals surface area contributed by atoms with Crippen LogP contribution in [0.15, 0.2) is 22.6 Å². The molecule has 2 rings (SSSR count). The molecule has 0 saturated heterocycles. The number of rotatable bonds is 7. The lowest BCUT2D eigenvalue weighted by Gasteiger charge is -2.24. The first kappa shape index (κ1) is 18.8. The summed E-state index contributed by atoms with van der Waals surface area (Å²) in [5.41, 5.74) is 0.898. The van der Waals surface area contributed by atoms with Crippen LogP contribution in [0.3, 0.4) is 0 Å². The van der Waals surface area contributed by atoms with E-state index in [1.807, 2.05) is 33.8 Å². The summed E-state index contributed by atoms with van der Waals surface area (Å²) in [6, 6.07) is 5.36. The van der Waals surface area contributed by atoms with Crippen LogP contribution < -0.4 is 10.1 Å². The number of nitrogens with one attached hydrogen (secondary N) is 1. The van der Waals surface area contributed by atoms with Crippen LogP contribution >= 0.6 is 0 Å². The van der Waals surface area contributed by atoms with Gasteiger partial charge in [-0.25, -0.2) is 4.79 Å². The molecule has 0 aliphatic carbocycles. The summed E-state index contributed by atoms with van der Waals surface area (Å²) < 4.78 is 16.1. The third-order valence-electron chi connectivity index (χ3n) is 4.10. The zero-order chi connectivity index (χ0) is 18.6. The van der Waals surface area contributed by atoms with Crippen LogP contribution in [-0.4, -0.2) is 30.6 Å². The molecule has 0 aliphatic heterocycles. The van der Waals surface area contributed by atoms with E-state index >= 15 is 0 Å². The predicted octanol–water partition coefficient (Wildman–Crippen LogP) is 3.60. The number of ether oxygens (including phenoxy) is 2. The third kappa shape index (κ3) is 4.53. The number of furan rings is 1. The second-order valence-electron chi connectivity index (χ2n) is 6.51. The fourth-order valence-electron chi connectivity index (χ4n) is 2.35. The molecule has 0 bridgehead atoms. The van der Waals surface area contributed by atoms with E-state index in [0.29, 0.717) is 23.5 Å². The first-order valence-electron chi connectivity index (χ1n) is 8.41. The van der Waals surface area contributed by atoms with Gasteiger partial charge in [0.25, 0.3) is 5.91 Å². The van der Waals surface area contributed by atoms with Crippen molar-refractivity contribution in [3.8, 4) is 5.75 Å². The number of benzene rings is 1. The molecule has 1 aromatic carbocycles. The minimum absolute atomic E-state index is 0.103. The second-order valence-corrected chi connectivity index (χ2v) is 6.51. The predicted molar refractivity (Wildman–Crippen MR) is 94.9 cm³/mol. The van der Waals surface area contributed by atoms with Crippen molar-refractivity contribution in [2.75, 3.05) is 13.2 Å². The van der Waals surface area contributed by atoms with Crippen LogP contribution in [0.5, 0.6) is 5.75 Å². The van der Waals surface area contributed by atoms with Gasteiger partial charge in [-0.3, -0.25) is 4.79 Å². The number of hydrogen-bond donors (Lipinski definition) is 1. The molecule has 6 nitrogen and oxygen atoms in total. The molecule has 6 heteroatoms. The SMILES string of the molecule is CCOc1ccc2oc(C(=O)OCC(=O)NC(C)(C)CC)c(C)c2c1. The Morgan fingerprint density at radius 3 is 2.60 bits per heavy atom. The van der Waals surface area contributed by atoms with Crippen molar-refractivity contribution in [2.45, 2.75) is 46.6 Å². The Morgan fingerprint density at radius 2 is 1.96 bits per heavy atom. The van der Waals surface area contributed by atoms with Gasteiger partial charge in [0.2, 0.25) is 5.76 Å². The Labute approximate surface area is 147 Å². The molecule has 2 aromatic rings. The number of fused-ring (bicyclic) bond motifs is 1. The number of amides is 1. The Balaban J connectivity index is 2.09. The van der Waals surface area contributed by atoms with Crippen LogP contribution in [0.25, 0.3) is 11.0 Å². The number of aryl methyl sites for hydroxylation is 1. The lowest BCUT2D eigenvalue weighted by atomic mass is 10.0. The maximum Gasteiger partial charge on any atom is 0.375 e. The van der Waals surface area contributed by atoms with E-state index < -0.39 is 5.97 Å². The molecule has 0 aliphatic rings. The van der Waals surface area contributed by atoms with Gasteiger partial charge in [-0.2, -0.15) is 0 Å². The van der Waals surface area contributed by atoms with Crippen molar-refractivity contribution < 1.29 is 23.5 Å². The summed E-state index contributed by atoms with van der Waals surface area (Å²) in [6.07, 6.45) is 0.775. The van der Waals surface area contributed by atoms with Crippen molar-refractivity contribution in [1.29, 1.82) is 0 Å². The average molecular weight is 347 g/mol. The molecule has 1 amide bonds. The zero-order valence-electron chi connectivity index (χ0n) is 15.4. The van der Waals surface area contributed by atoms with Crippen molar-refractivity contribution >= 4 is 22.8 Å². The van der Waals surface area contributed by atoms with Gasteiger partial charge in [0.1, 0.15) is 11.3 Å². The summed E-state index contributed by atoms with van der Waals surface area (Å²) >= 11 is 0. The molecule has 136 valence electrons. The van der Waals surface area contributed by atoms with Gasteiger partial charge in [-0.1, -0.05) is 6.92 Å². The summed E-state index contributed by atoms with van der Waals surface area (Å²) in [4.78, 5) is 24.1. The maximum absolute atomic E-state index is 12.3. The van der Waals surface area contributed by atoms with E-state index in [-0.39, 0.29) is 23.8 Å². The van der Waals surface area contributed by atoms with E-state index in [4.69, 9.17) is 13.9 Å². The molecular weight excluding hydrogens is 322 g/mol. The summed E-state index contributed by atoms with van der Waals surface area (Å²) in [6.45, 7) is 9.68. The fraction of sp³-hybridized carbons (Fsp3) is 0.474. The highest BCUT2D eigenvalue weighted by Crippen LogP contribution is 2.29. The zero-order valence-corrected chi connectivity index (χ0v) is 15.4. The van der Waals surface area contributed by atoms with Crippen molar-refractivity contribution in [3.05, 3.63) is 29.5 Å². The van der Waals surface area contributed by atoms with Gasteiger partial charge in [0.05, 0.1) is 6.61 Å². The third-order valence-corrected chi connectivity index (χ3v) is 4.10. The molecule has 0 atom stereocenters. The van der Waals surface area contributed by atoms with Gasteiger partial charge >= 0.3 is 5.97 Å². The fourth-order valence-corrected chi connectivity index (χ4v) is 2.35. The Bertz CT molecular complexity index is 775. The van der Waals surface area contributed by atoms with E-state index in [1.165, 1.54) is 0 Å². The molecule has 0 spiro atoms. The first-order valence-corrected chi connectivity index (χ1v) is 8.41. The Morgan fingerprint density at radius 1 is 1.24 bits per heavy atom. The van der Waals surface area contributed by atoms with Crippen molar-refractivity contribution in [3.63, 3.8) is 0 Å². The van der Waals surface area contributed by atoms with E-state index in [2.05, 4.69) is 5.32 Å². The second kappa shape index (κ2) is 7.59. The summed E-state index contributed by atoms with van der Waals surface area (Å²) in [7, 11) is 0. The highest BCUT2D eigenvalue weighted by Gasteiger charge is 2.22. The quantitative estimate of drug-likeness (QED) is 0.774. The maximum atomic E-state index is 12.3. The van der Waals surface area contributed by atoms with E-state index in [9.17, 15) is 9.59 Å². The standard InChI is InChI=1S/C19H25NO5/c1-6-19(4,5)20-16(21)11-24-18(22)17-12(3)14-10-13(23-7-2)8-9-15(14)25-17/h8-10H,6-7,11H2,1-5H3,(H,20,21). The molecule has 0 unspecified atom stereocenters. The lowest BCUT2D eigenvalue weighted by molar-refractivity contribution is -0.125.